The first-order valence-electron chi connectivity index (χ1n) is 6.76. The minimum Gasteiger partial charge on any atom is -0.313 e. The van der Waals surface area contributed by atoms with Crippen molar-refractivity contribution >= 4 is 0 Å². The smallest absolute Gasteiger partial charge is 0.0224 e. The van der Waals surface area contributed by atoms with E-state index >= 15 is 0 Å². The van der Waals surface area contributed by atoms with Gasteiger partial charge >= 0.3 is 0 Å². The van der Waals surface area contributed by atoms with Gasteiger partial charge in [-0.25, -0.2) is 0 Å². The second-order valence-corrected chi connectivity index (χ2v) is 5.30. The molecule has 0 fully saturated rings. The molecule has 0 radical (unpaired) electrons. The molecule has 2 heteroatoms. The minimum atomic E-state index is 0.599. The van der Waals surface area contributed by atoms with Crippen LogP contribution in [0.3, 0.4) is 0 Å². The lowest BCUT2D eigenvalue weighted by Crippen LogP contribution is -2.45. The van der Waals surface area contributed by atoms with Crippen LogP contribution in [0.15, 0.2) is 11.6 Å². The van der Waals surface area contributed by atoms with Crippen LogP contribution >= 0.6 is 0 Å². The van der Waals surface area contributed by atoms with E-state index in [0.29, 0.717) is 6.04 Å². The fourth-order valence-electron chi connectivity index (χ4n) is 2.24. The second kappa shape index (κ2) is 7.08. The van der Waals surface area contributed by atoms with Gasteiger partial charge in [0.25, 0.3) is 0 Å². The molecule has 2 nitrogen and oxygen atoms in total. The average molecular weight is 224 g/mol. The third-order valence-corrected chi connectivity index (χ3v) is 3.37. The number of hydrogen-bond acceptors (Lipinski definition) is 2. The van der Waals surface area contributed by atoms with Gasteiger partial charge in [-0.1, -0.05) is 38.8 Å². The Morgan fingerprint density at radius 1 is 1.44 bits per heavy atom. The molecule has 0 aromatic carbocycles. The quantitative estimate of drug-likeness (QED) is 0.698. The first-order chi connectivity index (χ1) is 7.63. The number of rotatable bonds is 6. The van der Waals surface area contributed by atoms with E-state index in [0.717, 1.165) is 19.1 Å². The van der Waals surface area contributed by atoms with Gasteiger partial charge in [-0.2, -0.15) is 0 Å². The molecule has 0 saturated carbocycles. The van der Waals surface area contributed by atoms with Gasteiger partial charge < -0.3 is 5.32 Å². The molecular formula is C14H28N2. The van der Waals surface area contributed by atoms with Crippen LogP contribution in [-0.2, 0) is 0 Å². The third-order valence-electron chi connectivity index (χ3n) is 3.37. The molecule has 0 saturated heterocycles. The SMILES string of the molecule is CCCC(CNC(C)C)N1CC=C(C)CC1. The van der Waals surface area contributed by atoms with Crippen molar-refractivity contribution in [3.63, 3.8) is 0 Å². The minimum absolute atomic E-state index is 0.599. The Hall–Kier alpha value is -0.340. The largest absolute Gasteiger partial charge is 0.313 e. The molecule has 1 aliphatic rings. The van der Waals surface area contributed by atoms with Crippen LogP contribution in [0.25, 0.3) is 0 Å². The molecule has 1 atom stereocenters. The summed E-state index contributed by atoms with van der Waals surface area (Å²) in [5, 5.41) is 3.58. The molecule has 0 amide bonds. The number of nitrogens with one attached hydrogen (secondary N) is 1. The molecule has 0 aliphatic carbocycles. The molecule has 1 rings (SSSR count). The van der Waals surface area contributed by atoms with Crippen molar-refractivity contribution in [2.75, 3.05) is 19.6 Å². The summed E-state index contributed by atoms with van der Waals surface area (Å²) in [6, 6.07) is 1.32. The maximum Gasteiger partial charge on any atom is 0.0224 e. The van der Waals surface area contributed by atoms with Crippen molar-refractivity contribution in [1.82, 2.24) is 10.2 Å². The van der Waals surface area contributed by atoms with Crippen LogP contribution in [0.4, 0.5) is 0 Å². The van der Waals surface area contributed by atoms with Crippen LogP contribution in [0, 0.1) is 0 Å². The van der Waals surface area contributed by atoms with Gasteiger partial charge in [0.1, 0.15) is 0 Å². The molecule has 0 aromatic heterocycles. The fraction of sp³-hybridized carbons (Fsp3) is 0.857. The van der Waals surface area contributed by atoms with Crippen molar-refractivity contribution in [2.24, 2.45) is 0 Å². The van der Waals surface area contributed by atoms with E-state index in [2.05, 4.69) is 44.0 Å². The zero-order chi connectivity index (χ0) is 12.0. The summed E-state index contributed by atoms with van der Waals surface area (Å²) in [5.74, 6) is 0. The molecule has 0 aromatic rings. The molecule has 0 bridgehead atoms. The highest BCUT2D eigenvalue weighted by atomic mass is 15.2. The lowest BCUT2D eigenvalue weighted by Gasteiger charge is -2.34. The van der Waals surface area contributed by atoms with E-state index < -0.39 is 0 Å². The number of hydrogen-bond donors (Lipinski definition) is 1. The Kier molecular flexibility index (Phi) is 6.07. The van der Waals surface area contributed by atoms with Crippen molar-refractivity contribution in [3.05, 3.63) is 11.6 Å². The second-order valence-electron chi connectivity index (χ2n) is 5.30. The van der Waals surface area contributed by atoms with Crippen molar-refractivity contribution in [3.8, 4) is 0 Å². The maximum atomic E-state index is 3.58. The summed E-state index contributed by atoms with van der Waals surface area (Å²) in [5.41, 5.74) is 1.56. The van der Waals surface area contributed by atoms with Gasteiger partial charge in [0.05, 0.1) is 0 Å². The summed E-state index contributed by atoms with van der Waals surface area (Å²) in [4.78, 5) is 2.63. The van der Waals surface area contributed by atoms with Crippen LogP contribution in [-0.4, -0.2) is 36.6 Å². The molecule has 1 unspecified atom stereocenters. The summed E-state index contributed by atoms with van der Waals surface area (Å²) >= 11 is 0. The normalized spacial score (nSPS) is 19.9. The Morgan fingerprint density at radius 2 is 2.19 bits per heavy atom. The summed E-state index contributed by atoms with van der Waals surface area (Å²) in [7, 11) is 0. The zero-order valence-electron chi connectivity index (χ0n) is 11.4. The highest BCUT2D eigenvalue weighted by Gasteiger charge is 2.19. The summed E-state index contributed by atoms with van der Waals surface area (Å²) in [6.45, 7) is 12.5. The van der Waals surface area contributed by atoms with E-state index in [1.165, 1.54) is 25.8 Å². The van der Waals surface area contributed by atoms with Crippen LogP contribution < -0.4 is 5.32 Å². The first kappa shape index (κ1) is 13.7. The van der Waals surface area contributed by atoms with Crippen molar-refractivity contribution < 1.29 is 0 Å². The van der Waals surface area contributed by atoms with Gasteiger partial charge in [-0.15, -0.1) is 0 Å². The predicted molar refractivity (Wildman–Crippen MR) is 71.8 cm³/mol. The Labute approximate surface area is 101 Å². The van der Waals surface area contributed by atoms with Crippen LogP contribution in [0.5, 0.6) is 0 Å². The van der Waals surface area contributed by atoms with E-state index in [1.807, 2.05) is 0 Å². The van der Waals surface area contributed by atoms with Crippen molar-refractivity contribution in [2.45, 2.75) is 59.0 Å². The molecule has 16 heavy (non-hydrogen) atoms. The zero-order valence-corrected chi connectivity index (χ0v) is 11.4. The summed E-state index contributed by atoms with van der Waals surface area (Å²) < 4.78 is 0. The lowest BCUT2D eigenvalue weighted by molar-refractivity contribution is 0.192. The van der Waals surface area contributed by atoms with Crippen LogP contribution in [0.1, 0.15) is 47.0 Å². The Bertz CT molecular complexity index is 221. The molecule has 1 N–H and O–H groups in total. The molecule has 94 valence electrons. The van der Waals surface area contributed by atoms with E-state index in [4.69, 9.17) is 0 Å². The van der Waals surface area contributed by atoms with Crippen LogP contribution in [0.2, 0.25) is 0 Å². The van der Waals surface area contributed by atoms with E-state index in [1.54, 1.807) is 5.57 Å². The van der Waals surface area contributed by atoms with Gasteiger partial charge in [-0.3, -0.25) is 4.90 Å². The van der Waals surface area contributed by atoms with E-state index in [9.17, 15) is 0 Å². The molecule has 1 heterocycles. The van der Waals surface area contributed by atoms with Gasteiger partial charge in [0.15, 0.2) is 0 Å². The Balaban J connectivity index is 2.43. The summed E-state index contributed by atoms with van der Waals surface area (Å²) in [6.07, 6.45) is 6.24. The van der Waals surface area contributed by atoms with Gasteiger partial charge in [0.2, 0.25) is 0 Å². The highest BCUT2D eigenvalue weighted by Crippen LogP contribution is 2.15. The fourth-order valence-corrected chi connectivity index (χ4v) is 2.24. The highest BCUT2D eigenvalue weighted by molar-refractivity contribution is 5.04. The monoisotopic (exact) mass is 224 g/mol. The molecule has 0 spiro atoms. The molecular weight excluding hydrogens is 196 g/mol. The molecule has 1 aliphatic heterocycles. The average Bonchev–Trinajstić information content (AvgIpc) is 2.25. The first-order valence-corrected chi connectivity index (χ1v) is 6.76. The number of nitrogens with zero attached hydrogens (tertiary/aromatic N) is 1. The van der Waals surface area contributed by atoms with Gasteiger partial charge in [-0.05, 0) is 19.8 Å². The predicted octanol–water partition coefficient (Wildman–Crippen LogP) is 2.81. The van der Waals surface area contributed by atoms with Gasteiger partial charge in [0, 0.05) is 31.7 Å². The topological polar surface area (TPSA) is 15.3 Å². The maximum absolute atomic E-state index is 3.58. The Morgan fingerprint density at radius 3 is 2.69 bits per heavy atom. The standard InChI is InChI=1S/C14H28N2/c1-5-6-14(11-15-12(2)3)16-9-7-13(4)8-10-16/h7,12,14-15H,5-6,8-11H2,1-4H3. The third kappa shape index (κ3) is 4.67. The lowest BCUT2D eigenvalue weighted by atomic mass is 10.0. The van der Waals surface area contributed by atoms with Crippen molar-refractivity contribution in [1.29, 1.82) is 0 Å². The van der Waals surface area contributed by atoms with E-state index in [-0.39, 0.29) is 0 Å².